The predicted octanol–water partition coefficient (Wildman–Crippen LogP) is 1.43. The quantitative estimate of drug-likeness (QED) is 0.769. The van der Waals surface area contributed by atoms with Crippen LogP contribution in [0.3, 0.4) is 0 Å². The molecule has 0 saturated carbocycles. The summed E-state index contributed by atoms with van der Waals surface area (Å²) in [7, 11) is 2.93. The third kappa shape index (κ3) is 3.64. The lowest BCUT2D eigenvalue weighted by atomic mass is 10.0. The summed E-state index contributed by atoms with van der Waals surface area (Å²) in [6.07, 6.45) is -0.843. The van der Waals surface area contributed by atoms with Crippen LogP contribution in [0.25, 0.3) is 0 Å². The molecule has 0 heterocycles. The van der Waals surface area contributed by atoms with E-state index in [2.05, 4.69) is 4.74 Å². The molecule has 0 saturated heterocycles. The third-order valence-corrected chi connectivity index (χ3v) is 2.26. The largest absolute Gasteiger partial charge is 0.469 e. The number of methoxy groups -OCH3 is 2. The van der Waals surface area contributed by atoms with Gasteiger partial charge in [0.25, 0.3) is 0 Å². The third-order valence-electron chi connectivity index (χ3n) is 2.26. The van der Waals surface area contributed by atoms with Gasteiger partial charge in [0.15, 0.2) is 0 Å². The zero-order valence-corrected chi connectivity index (χ0v) is 9.47. The number of carbonyl (C=O) groups excluding carboxylic acids is 1. The second-order valence-electron chi connectivity index (χ2n) is 3.47. The summed E-state index contributed by atoms with van der Waals surface area (Å²) in [5, 5.41) is 9.71. The van der Waals surface area contributed by atoms with Gasteiger partial charge in [0.1, 0.15) is 0 Å². The lowest BCUT2D eigenvalue weighted by molar-refractivity contribution is -0.142. The fraction of sp³-hybridized carbons (Fsp3) is 0.417. The molecular formula is C12H16O4. The molecule has 0 bridgehead atoms. The number of hydrogen-bond acceptors (Lipinski definition) is 4. The van der Waals surface area contributed by atoms with Crippen LogP contribution in [0.15, 0.2) is 24.3 Å². The number of ether oxygens (including phenoxy) is 2. The number of aliphatic hydroxyl groups is 1. The van der Waals surface area contributed by atoms with Crippen LogP contribution in [0.4, 0.5) is 0 Å². The minimum absolute atomic E-state index is 0.0277. The van der Waals surface area contributed by atoms with E-state index < -0.39 is 12.1 Å². The average molecular weight is 224 g/mol. The smallest absolute Gasteiger partial charge is 0.308 e. The van der Waals surface area contributed by atoms with E-state index in [-0.39, 0.29) is 6.42 Å². The molecule has 0 radical (unpaired) electrons. The zero-order chi connectivity index (χ0) is 12.0. The first-order valence-electron chi connectivity index (χ1n) is 5.00. The first-order valence-corrected chi connectivity index (χ1v) is 5.00. The molecule has 0 spiro atoms. The van der Waals surface area contributed by atoms with Crippen molar-refractivity contribution in [1.29, 1.82) is 0 Å². The van der Waals surface area contributed by atoms with Gasteiger partial charge in [-0.05, 0) is 11.1 Å². The van der Waals surface area contributed by atoms with Crippen molar-refractivity contribution in [3.8, 4) is 0 Å². The molecule has 1 atom stereocenters. The van der Waals surface area contributed by atoms with Gasteiger partial charge >= 0.3 is 5.97 Å². The number of hydrogen-bond donors (Lipinski definition) is 1. The highest BCUT2D eigenvalue weighted by atomic mass is 16.5. The van der Waals surface area contributed by atoms with Crippen LogP contribution in [0.1, 0.15) is 23.7 Å². The molecule has 4 heteroatoms. The van der Waals surface area contributed by atoms with Gasteiger partial charge < -0.3 is 14.6 Å². The summed E-state index contributed by atoms with van der Waals surface area (Å²) in [5.74, 6) is -0.423. The Morgan fingerprint density at radius 1 is 1.31 bits per heavy atom. The van der Waals surface area contributed by atoms with Gasteiger partial charge in [-0.25, -0.2) is 0 Å². The molecule has 1 N–H and O–H groups in total. The molecule has 0 fully saturated rings. The minimum atomic E-state index is -0.816. The van der Waals surface area contributed by atoms with Crippen LogP contribution in [0.5, 0.6) is 0 Å². The molecule has 0 amide bonds. The highest BCUT2D eigenvalue weighted by molar-refractivity contribution is 5.70. The summed E-state index contributed by atoms with van der Waals surface area (Å²) in [4.78, 5) is 11.0. The Labute approximate surface area is 94.8 Å². The van der Waals surface area contributed by atoms with Gasteiger partial charge in [-0.1, -0.05) is 24.3 Å². The van der Waals surface area contributed by atoms with Crippen molar-refractivity contribution in [2.45, 2.75) is 19.1 Å². The van der Waals surface area contributed by atoms with Gasteiger partial charge in [-0.2, -0.15) is 0 Å². The summed E-state index contributed by atoms with van der Waals surface area (Å²) in [5.41, 5.74) is 1.72. The Bertz CT molecular complexity index is 331. The predicted molar refractivity (Wildman–Crippen MR) is 58.7 cm³/mol. The van der Waals surface area contributed by atoms with Crippen molar-refractivity contribution in [3.05, 3.63) is 35.4 Å². The van der Waals surface area contributed by atoms with Gasteiger partial charge in [0.05, 0.1) is 26.2 Å². The monoisotopic (exact) mass is 224 g/mol. The summed E-state index contributed by atoms with van der Waals surface area (Å²) in [6.45, 7) is 0.535. The Kier molecular flexibility index (Phi) is 4.95. The standard InChI is InChI=1S/C12H16O4/c1-15-8-9-3-5-10(6-4-9)11(13)7-12(14)16-2/h3-6,11,13H,7-8H2,1-2H3/t11-/m0/s1. The minimum Gasteiger partial charge on any atom is -0.469 e. The lowest BCUT2D eigenvalue weighted by Crippen LogP contribution is -2.08. The van der Waals surface area contributed by atoms with Crippen molar-refractivity contribution in [2.75, 3.05) is 14.2 Å². The molecular weight excluding hydrogens is 208 g/mol. The highest BCUT2D eigenvalue weighted by Crippen LogP contribution is 2.17. The molecule has 0 unspecified atom stereocenters. The van der Waals surface area contributed by atoms with Crippen molar-refractivity contribution < 1.29 is 19.4 Å². The van der Waals surface area contributed by atoms with E-state index >= 15 is 0 Å². The molecule has 0 aromatic heterocycles. The van der Waals surface area contributed by atoms with Crippen molar-refractivity contribution in [3.63, 3.8) is 0 Å². The number of aliphatic hydroxyl groups excluding tert-OH is 1. The molecule has 16 heavy (non-hydrogen) atoms. The fourth-order valence-electron chi connectivity index (χ4n) is 1.36. The normalized spacial score (nSPS) is 12.2. The Morgan fingerprint density at radius 3 is 2.44 bits per heavy atom. The van der Waals surface area contributed by atoms with Crippen molar-refractivity contribution in [2.24, 2.45) is 0 Å². The molecule has 0 aliphatic rings. The van der Waals surface area contributed by atoms with Crippen LogP contribution in [-0.2, 0) is 20.9 Å². The molecule has 88 valence electrons. The highest BCUT2D eigenvalue weighted by Gasteiger charge is 2.12. The number of carbonyl (C=O) groups is 1. The van der Waals surface area contributed by atoms with Crippen LogP contribution >= 0.6 is 0 Å². The summed E-state index contributed by atoms with van der Waals surface area (Å²) >= 11 is 0. The SMILES string of the molecule is COCc1ccc([C@@H](O)CC(=O)OC)cc1. The first-order chi connectivity index (χ1) is 7.67. The topological polar surface area (TPSA) is 55.8 Å². The van der Waals surface area contributed by atoms with Gasteiger partial charge in [-0.15, -0.1) is 0 Å². The van der Waals surface area contributed by atoms with Crippen molar-refractivity contribution >= 4 is 5.97 Å². The Balaban J connectivity index is 2.62. The first kappa shape index (κ1) is 12.7. The Morgan fingerprint density at radius 2 is 1.94 bits per heavy atom. The number of esters is 1. The molecule has 0 aliphatic heterocycles. The fourth-order valence-corrected chi connectivity index (χ4v) is 1.36. The maximum atomic E-state index is 11.0. The van der Waals surface area contributed by atoms with Crippen molar-refractivity contribution in [1.82, 2.24) is 0 Å². The van der Waals surface area contributed by atoms with E-state index in [4.69, 9.17) is 4.74 Å². The zero-order valence-electron chi connectivity index (χ0n) is 9.47. The maximum Gasteiger partial charge on any atom is 0.308 e. The van der Waals surface area contributed by atoms with Gasteiger partial charge in [-0.3, -0.25) is 4.79 Å². The second-order valence-corrected chi connectivity index (χ2v) is 3.47. The van der Waals surface area contributed by atoms with Gasteiger partial charge in [0.2, 0.25) is 0 Å². The molecule has 0 aliphatic carbocycles. The van der Waals surface area contributed by atoms with E-state index in [0.717, 1.165) is 5.56 Å². The maximum absolute atomic E-state index is 11.0. The van der Waals surface area contributed by atoms with Crippen LogP contribution < -0.4 is 0 Å². The second kappa shape index (κ2) is 6.25. The summed E-state index contributed by atoms with van der Waals surface area (Å²) in [6, 6.07) is 7.28. The molecule has 1 aromatic carbocycles. The average Bonchev–Trinajstić information content (AvgIpc) is 2.30. The molecule has 1 rings (SSSR count). The Hall–Kier alpha value is -1.39. The van der Waals surface area contributed by atoms with Crippen LogP contribution in [-0.4, -0.2) is 25.3 Å². The van der Waals surface area contributed by atoms with Crippen LogP contribution in [0.2, 0.25) is 0 Å². The van der Waals surface area contributed by atoms with Crippen LogP contribution in [0, 0.1) is 0 Å². The molecule has 1 aromatic rings. The van der Waals surface area contributed by atoms with E-state index in [9.17, 15) is 9.90 Å². The van der Waals surface area contributed by atoms with E-state index in [1.165, 1.54) is 7.11 Å². The van der Waals surface area contributed by atoms with Gasteiger partial charge in [0, 0.05) is 7.11 Å². The number of benzene rings is 1. The van der Waals surface area contributed by atoms with E-state index in [1.54, 1.807) is 19.2 Å². The molecule has 4 nitrogen and oxygen atoms in total. The number of rotatable bonds is 5. The van der Waals surface area contributed by atoms with E-state index in [0.29, 0.717) is 12.2 Å². The lowest BCUT2D eigenvalue weighted by Gasteiger charge is -2.10. The van der Waals surface area contributed by atoms with E-state index in [1.807, 2.05) is 12.1 Å². The summed E-state index contributed by atoms with van der Waals surface area (Å²) < 4.78 is 9.46.